The van der Waals surface area contributed by atoms with Crippen LogP contribution in [0, 0.1) is 0 Å². The van der Waals surface area contributed by atoms with Crippen molar-refractivity contribution in [2.75, 3.05) is 24.9 Å². The predicted molar refractivity (Wildman–Crippen MR) is 122 cm³/mol. The Hall–Kier alpha value is -3.23. The molecule has 0 atom stereocenters. The first-order chi connectivity index (χ1) is 14.2. The van der Waals surface area contributed by atoms with Gasteiger partial charge in [-0.2, -0.15) is 0 Å². The van der Waals surface area contributed by atoms with Gasteiger partial charge in [-0.3, -0.25) is 4.98 Å². The molecule has 0 saturated carbocycles. The molecule has 8 heteroatoms. The van der Waals surface area contributed by atoms with Crippen molar-refractivity contribution in [1.82, 2.24) is 9.97 Å². The van der Waals surface area contributed by atoms with Crippen molar-refractivity contribution in [3.8, 4) is 22.1 Å². The summed E-state index contributed by atoms with van der Waals surface area (Å²) < 4.78 is 11.7. The van der Waals surface area contributed by atoms with Crippen LogP contribution in [0.3, 0.4) is 0 Å². The Labute approximate surface area is 177 Å². The molecule has 0 fully saturated rings. The van der Waals surface area contributed by atoms with Gasteiger partial charge in [0.2, 0.25) is 0 Å². The van der Waals surface area contributed by atoms with Crippen LogP contribution in [-0.2, 0) is 0 Å². The minimum Gasteiger partial charge on any atom is -0.497 e. The highest BCUT2D eigenvalue weighted by atomic mass is 32.1. The summed E-state index contributed by atoms with van der Waals surface area (Å²) >= 11 is 7.08. The molecular formula is C21H18N4O2S2. The zero-order chi connectivity index (χ0) is 20.2. The maximum atomic E-state index is 5.47. The van der Waals surface area contributed by atoms with E-state index in [0.29, 0.717) is 16.6 Å². The lowest BCUT2D eigenvalue weighted by Gasteiger charge is -2.14. The highest BCUT2D eigenvalue weighted by molar-refractivity contribution is 7.80. The van der Waals surface area contributed by atoms with Gasteiger partial charge in [-0.25, -0.2) is 4.98 Å². The Kier molecular flexibility index (Phi) is 5.55. The third-order valence-electron chi connectivity index (χ3n) is 4.22. The van der Waals surface area contributed by atoms with E-state index >= 15 is 0 Å². The molecule has 0 unspecified atom stereocenters. The minimum atomic E-state index is 0.458. The minimum absolute atomic E-state index is 0.458. The molecule has 0 aliphatic rings. The monoisotopic (exact) mass is 422 g/mol. The van der Waals surface area contributed by atoms with Crippen LogP contribution >= 0.6 is 23.6 Å². The fourth-order valence-corrected chi connectivity index (χ4v) is 3.98. The Morgan fingerprint density at radius 1 is 1.03 bits per heavy atom. The number of hydrogen-bond donors (Lipinski definition) is 2. The normalized spacial score (nSPS) is 10.6. The van der Waals surface area contributed by atoms with Gasteiger partial charge < -0.3 is 20.1 Å². The number of fused-ring (bicyclic) bond motifs is 1. The maximum absolute atomic E-state index is 5.47. The highest BCUT2D eigenvalue weighted by Crippen LogP contribution is 2.31. The third kappa shape index (κ3) is 4.28. The molecule has 0 amide bonds. The Morgan fingerprint density at radius 2 is 1.93 bits per heavy atom. The SMILES string of the molecule is COc1ccc(NC(=S)Nc2cccc(-c3nc4ccncc4s3)c2)c(OC)c1. The van der Waals surface area contributed by atoms with E-state index < -0.39 is 0 Å². The van der Waals surface area contributed by atoms with Crippen molar-refractivity contribution < 1.29 is 9.47 Å². The average Bonchev–Trinajstić information content (AvgIpc) is 3.18. The van der Waals surface area contributed by atoms with Gasteiger partial charge >= 0.3 is 0 Å². The van der Waals surface area contributed by atoms with Crippen LogP contribution in [-0.4, -0.2) is 29.3 Å². The lowest BCUT2D eigenvalue weighted by Crippen LogP contribution is -2.19. The Bertz CT molecular complexity index is 1140. The quantitative estimate of drug-likeness (QED) is 0.429. The predicted octanol–water partition coefficient (Wildman–Crippen LogP) is 5.18. The van der Waals surface area contributed by atoms with E-state index in [0.717, 1.165) is 32.2 Å². The highest BCUT2D eigenvalue weighted by Gasteiger charge is 2.09. The van der Waals surface area contributed by atoms with Crippen LogP contribution in [0.2, 0.25) is 0 Å². The van der Waals surface area contributed by atoms with Crippen molar-refractivity contribution in [2.24, 2.45) is 0 Å². The van der Waals surface area contributed by atoms with Crippen molar-refractivity contribution >= 4 is 50.3 Å². The summed E-state index contributed by atoms with van der Waals surface area (Å²) in [5.74, 6) is 1.36. The summed E-state index contributed by atoms with van der Waals surface area (Å²) in [6, 6.07) is 15.4. The number of nitrogens with one attached hydrogen (secondary N) is 2. The fraction of sp³-hybridized carbons (Fsp3) is 0.0952. The number of methoxy groups -OCH3 is 2. The molecule has 0 aliphatic carbocycles. The van der Waals surface area contributed by atoms with Crippen LogP contribution in [0.4, 0.5) is 11.4 Å². The summed E-state index contributed by atoms with van der Waals surface area (Å²) in [6.07, 6.45) is 3.58. The second kappa shape index (κ2) is 8.42. The van der Waals surface area contributed by atoms with E-state index in [1.54, 1.807) is 37.8 Å². The molecule has 4 rings (SSSR count). The number of aromatic nitrogens is 2. The molecule has 2 aromatic carbocycles. The standard InChI is InChI=1S/C21H18N4O2S2/c1-26-15-6-7-16(18(11-15)27-2)25-21(28)23-14-5-3-4-13(10-14)20-24-17-8-9-22-12-19(17)29-20/h3-12H,1-2H3,(H2,23,25,28). The van der Waals surface area contributed by atoms with Crippen LogP contribution in [0.15, 0.2) is 60.9 Å². The lowest BCUT2D eigenvalue weighted by atomic mass is 10.2. The molecule has 29 heavy (non-hydrogen) atoms. The number of pyridine rings is 1. The Balaban J connectivity index is 1.51. The first kappa shape index (κ1) is 19.1. The van der Waals surface area contributed by atoms with Crippen molar-refractivity contribution in [3.05, 3.63) is 60.9 Å². The van der Waals surface area contributed by atoms with E-state index in [1.807, 2.05) is 48.7 Å². The summed E-state index contributed by atoms with van der Waals surface area (Å²) in [5, 5.41) is 7.77. The molecule has 0 saturated heterocycles. The van der Waals surface area contributed by atoms with Crippen LogP contribution in [0.1, 0.15) is 0 Å². The molecule has 2 aromatic heterocycles. The van der Waals surface area contributed by atoms with E-state index in [4.69, 9.17) is 21.7 Å². The van der Waals surface area contributed by atoms with Gasteiger partial charge in [-0.05, 0) is 42.5 Å². The number of benzene rings is 2. The smallest absolute Gasteiger partial charge is 0.175 e. The molecule has 6 nitrogen and oxygen atoms in total. The Morgan fingerprint density at radius 3 is 2.72 bits per heavy atom. The number of nitrogens with zero attached hydrogens (tertiary/aromatic N) is 2. The van der Waals surface area contributed by atoms with Crippen LogP contribution in [0.5, 0.6) is 11.5 Å². The summed E-state index contributed by atoms with van der Waals surface area (Å²) in [4.78, 5) is 8.84. The molecule has 0 bridgehead atoms. The van der Waals surface area contributed by atoms with Crippen molar-refractivity contribution in [2.45, 2.75) is 0 Å². The molecule has 146 valence electrons. The summed E-state index contributed by atoms with van der Waals surface area (Å²) in [5.41, 5.74) is 3.58. The zero-order valence-corrected chi connectivity index (χ0v) is 17.4. The molecule has 2 heterocycles. The van der Waals surface area contributed by atoms with Gasteiger partial charge in [0, 0.05) is 29.7 Å². The molecule has 0 aliphatic heterocycles. The summed E-state index contributed by atoms with van der Waals surface area (Å²) in [6.45, 7) is 0. The largest absolute Gasteiger partial charge is 0.497 e. The number of hydrogen-bond acceptors (Lipinski definition) is 6. The molecule has 0 spiro atoms. The first-order valence-corrected chi connectivity index (χ1v) is 10.00. The molecular weight excluding hydrogens is 404 g/mol. The van der Waals surface area contributed by atoms with E-state index in [-0.39, 0.29) is 0 Å². The number of ether oxygens (including phenoxy) is 2. The number of thiazole rings is 1. The lowest BCUT2D eigenvalue weighted by molar-refractivity contribution is 0.395. The second-order valence-electron chi connectivity index (χ2n) is 6.09. The van der Waals surface area contributed by atoms with Gasteiger partial charge in [-0.15, -0.1) is 11.3 Å². The zero-order valence-electron chi connectivity index (χ0n) is 15.8. The first-order valence-electron chi connectivity index (χ1n) is 8.77. The van der Waals surface area contributed by atoms with Gasteiger partial charge in [0.05, 0.1) is 30.1 Å². The van der Waals surface area contributed by atoms with Gasteiger partial charge in [0.1, 0.15) is 16.5 Å². The van der Waals surface area contributed by atoms with E-state index in [2.05, 4.69) is 20.6 Å². The van der Waals surface area contributed by atoms with Gasteiger partial charge in [-0.1, -0.05) is 12.1 Å². The van der Waals surface area contributed by atoms with Gasteiger partial charge in [0.15, 0.2) is 5.11 Å². The average molecular weight is 423 g/mol. The molecule has 2 N–H and O–H groups in total. The maximum Gasteiger partial charge on any atom is 0.175 e. The molecule has 0 radical (unpaired) electrons. The number of anilines is 2. The van der Waals surface area contributed by atoms with Crippen LogP contribution < -0.4 is 20.1 Å². The van der Waals surface area contributed by atoms with E-state index in [1.165, 1.54) is 0 Å². The van der Waals surface area contributed by atoms with Crippen LogP contribution in [0.25, 0.3) is 20.8 Å². The second-order valence-corrected chi connectivity index (χ2v) is 7.53. The van der Waals surface area contributed by atoms with E-state index in [9.17, 15) is 0 Å². The number of thiocarbonyl (C=S) groups is 1. The third-order valence-corrected chi connectivity index (χ3v) is 5.47. The topological polar surface area (TPSA) is 68.3 Å². The fourth-order valence-electron chi connectivity index (χ4n) is 2.82. The van der Waals surface area contributed by atoms with Crippen molar-refractivity contribution in [1.29, 1.82) is 0 Å². The number of rotatable bonds is 5. The molecule has 4 aromatic rings. The summed E-state index contributed by atoms with van der Waals surface area (Å²) in [7, 11) is 3.22. The van der Waals surface area contributed by atoms with Gasteiger partial charge in [0.25, 0.3) is 0 Å². The van der Waals surface area contributed by atoms with Crippen molar-refractivity contribution in [3.63, 3.8) is 0 Å².